The van der Waals surface area contributed by atoms with Crippen molar-refractivity contribution in [2.24, 2.45) is 0 Å². The zero-order valence-corrected chi connectivity index (χ0v) is 23.4. The average Bonchev–Trinajstić information content (AvgIpc) is 3.25. The van der Waals surface area contributed by atoms with Gasteiger partial charge in [0.05, 0.1) is 36.6 Å². The molecule has 4 rings (SSSR count). The molecular formula is C28H28F2N2O8S. The van der Waals surface area contributed by atoms with E-state index in [1.807, 2.05) is 0 Å². The number of nitrogens with zero attached hydrogens (tertiary/aromatic N) is 1. The second-order valence-corrected chi connectivity index (χ2v) is 11.1. The zero-order chi connectivity index (χ0) is 29.9. The highest BCUT2D eigenvalue weighted by atomic mass is 32.2. The van der Waals surface area contributed by atoms with E-state index in [0.717, 1.165) is 22.7 Å². The molecule has 218 valence electrons. The van der Waals surface area contributed by atoms with E-state index in [1.54, 1.807) is 38.1 Å². The number of hydrogen-bond donors (Lipinski definition) is 2. The minimum atomic E-state index is -3.82. The number of fused-ring (bicyclic) bond motifs is 1. The SMILES string of the molecule is CNC(=O)Oc1c(-c2ccc(Oc3ccc(F)c(F)c3)cc2)oc2cc(N(CCO)S(C)(=O)=O)c(OC(C)C)cc12. The average molecular weight is 591 g/mol. The first-order chi connectivity index (χ1) is 19.4. The predicted molar refractivity (Wildman–Crippen MR) is 148 cm³/mol. The predicted octanol–water partition coefficient (Wildman–Crippen LogP) is 5.43. The number of furan rings is 1. The Kier molecular flexibility index (Phi) is 8.69. The van der Waals surface area contributed by atoms with Crippen molar-refractivity contribution >= 4 is 32.8 Å². The number of hydrogen-bond acceptors (Lipinski definition) is 8. The minimum absolute atomic E-state index is 0.0434. The number of halogens is 2. The Hall–Kier alpha value is -4.36. The van der Waals surface area contributed by atoms with Gasteiger partial charge in [-0.15, -0.1) is 0 Å². The number of aliphatic hydroxyl groups is 1. The van der Waals surface area contributed by atoms with Crippen LogP contribution in [0, 0.1) is 11.6 Å². The van der Waals surface area contributed by atoms with Crippen LogP contribution < -0.4 is 23.8 Å². The van der Waals surface area contributed by atoms with Gasteiger partial charge in [-0.25, -0.2) is 22.0 Å². The highest BCUT2D eigenvalue weighted by Crippen LogP contribution is 2.45. The quantitative estimate of drug-likeness (QED) is 0.250. The largest absolute Gasteiger partial charge is 0.489 e. The summed E-state index contributed by atoms with van der Waals surface area (Å²) >= 11 is 0. The van der Waals surface area contributed by atoms with Crippen LogP contribution in [0.3, 0.4) is 0 Å². The fraction of sp³-hybridized carbons (Fsp3) is 0.250. The number of sulfonamides is 1. The molecule has 1 amide bonds. The maximum absolute atomic E-state index is 13.6. The van der Waals surface area contributed by atoms with Crippen molar-refractivity contribution in [1.29, 1.82) is 0 Å². The summed E-state index contributed by atoms with van der Waals surface area (Å²) in [7, 11) is -2.44. The Labute approximate surface area is 235 Å². The summed E-state index contributed by atoms with van der Waals surface area (Å²) in [6, 6.07) is 12.4. The van der Waals surface area contributed by atoms with Gasteiger partial charge in [-0.05, 0) is 56.3 Å². The number of anilines is 1. The van der Waals surface area contributed by atoms with Gasteiger partial charge in [0.1, 0.15) is 22.8 Å². The van der Waals surface area contributed by atoms with Crippen LogP contribution in [0.4, 0.5) is 19.3 Å². The topological polar surface area (TPSA) is 128 Å². The molecular weight excluding hydrogens is 562 g/mol. The lowest BCUT2D eigenvalue weighted by atomic mass is 10.1. The Morgan fingerprint density at radius 1 is 1.05 bits per heavy atom. The highest BCUT2D eigenvalue weighted by Gasteiger charge is 2.27. The molecule has 2 N–H and O–H groups in total. The summed E-state index contributed by atoms with van der Waals surface area (Å²) < 4.78 is 76.1. The molecule has 3 aromatic carbocycles. The molecule has 13 heteroatoms. The lowest BCUT2D eigenvalue weighted by Crippen LogP contribution is -2.33. The third kappa shape index (κ3) is 6.69. The number of aliphatic hydroxyl groups excluding tert-OH is 1. The van der Waals surface area contributed by atoms with E-state index in [4.69, 9.17) is 18.6 Å². The van der Waals surface area contributed by atoms with E-state index >= 15 is 0 Å². The molecule has 1 heterocycles. The van der Waals surface area contributed by atoms with E-state index < -0.39 is 34.4 Å². The van der Waals surface area contributed by atoms with E-state index in [0.29, 0.717) is 16.7 Å². The second kappa shape index (κ2) is 12.0. The van der Waals surface area contributed by atoms with Crippen molar-refractivity contribution < 1.29 is 45.7 Å². The Morgan fingerprint density at radius 2 is 1.73 bits per heavy atom. The minimum Gasteiger partial charge on any atom is -0.489 e. The molecule has 1 aromatic heterocycles. The molecule has 0 aliphatic heterocycles. The van der Waals surface area contributed by atoms with Gasteiger partial charge in [-0.3, -0.25) is 4.31 Å². The Morgan fingerprint density at radius 3 is 2.32 bits per heavy atom. The number of amides is 1. The summed E-state index contributed by atoms with van der Waals surface area (Å²) in [5.74, 6) is -1.30. The van der Waals surface area contributed by atoms with Crippen molar-refractivity contribution in [2.45, 2.75) is 20.0 Å². The van der Waals surface area contributed by atoms with Gasteiger partial charge in [-0.2, -0.15) is 0 Å². The number of ether oxygens (including phenoxy) is 3. The number of rotatable bonds is 10. The highest BCUT2D eigenvalue weighted by molar-refractivity contribution is 7.92. The number of carbonyl (C=O) groups is 1. The fourth-order valence-corrected chi connectivity index (χ4v) is 4.89. The summed E-state index contributed by atoms with van der Waals surface area (Å²) in [6.45, 7) is 2.85. The zero-order valence-electron chi connectivity index (χ0n) is 22.6. The standard InChI is InChI=1S/C28H28F2N2O8S/c1-16(2)37-25-14-20-24(15-23(25)32(11-12-33)41(4,35)36)39-26(27(20)40-28(34)31-3)17-5-7-18(8-6-17)38-19-9-10-21(29)22(30)13-19/h5-10,13-16,33H,11-12H2,1-4H3,(H,31,34). The Bertz CT molecular complexity index is 1670. The number of benzene rings is 3. The van der Waals surface area contributed by atoms with Crippen molar-refractivity contribution in [3.63, 3.8) is 0 Å². The van der Waals surface area contributed by atoms with Gasteiger partial charge in [0.25, 0.3) is 0 Å². The van der Waals surface area contributed by atoms with Gasteiger partial charge in [0.15, 0.2) is 23.1 Å². The summed E-state index contributed by atoms with van der Waals surface area (Å²) in [5, 5.41) is 12.2. The van der Waals surface area contributed by atoms with E-state index in [1.165, 1.54) is 25.2 Å². The first-order valence-electron chi connectivity index (χ1n) is 12.4. The molecule has 0 atom stereocenters. The first-order valence-corrected chi connectivity index (χ1v) is 14.2. The third-order valence-electron chi connectivity index (χ3n) is 5.70. The molecule has 0 unspecified atom stereocenters. The molecule has 0 aliphatic carbocycles. The van der Waals surface area contributed by atoms with Crippen molar-refractivity contribution in [2.75, 3.05) is 30.8 Å². The second-order valence-electron chi connectivity index (χ2n) is 9.14. The molecule has 41 heavy (non-hydrogen) atoms. The van der Waals surface area contributed by atoms with Gasteiger partial charge in [0, 0.05) is 24.7 Å². The normalized spacial score (nSPS) is 11.5. The first kappa shape index (κ1) is 29.6. The van der Waals surface area contributed by atoms with Crippen LogP contribution in [0.25, 0.3) is 22.3 Å². The smallest absolute Gasteiger partial charge is 0.412 e. The van der Waals surface area contributed by atoms with Crippen LogP contribution in [0.15, 0.2) is 59.0 Å². The van der Waals surface area contributed by atoms with Gasteiger partial charge < -0.3 is 29.1 Å². The molecule has 0 fully saturated rings. The van der Waals surface area contributed by atoms with E-state index in [-0.39, 0.29) is 46.9 Å². The molecule has 0 aliphatic rings. The molecule has 0 saturated heterocycles. The maximum Gasteiger partial charge on any atom is 0.412 e. The van der Waals surface area contributed by atoms with Crippen LogP contribution in [0.2, 0.25) is 0 Å². The van der Waals surface area contributed by atoms with Gasteiger partial charge in [-0.1, -0.05) is 0 Å². The van der Waals surface area contributed by atoms with Crippen molar-refractivity contribution in [3.8, 4) is 34.3 Å². The molecule has 10 nitrogen and oxygen atoms in total. The number of carbonyl (C=O) groups excluding carboxylic acids is 1. The van der Waals surface area contributed by atoms with E-state index in [9.17, 15) is 27.1 Å². The van der Waals surface area contributed by atoms with Crippen molar-refractivity contribution in [3.05, 3.63) is 66.2 Å². The van der Waals surface area contributed by atoms with Crippen LogP contribution in [0.1, 0.15) is 13.8 Å². The summed E-state index contributed by atoms with van der Waals surface area (Å²) in [6.07, 6.45) is -0.122. The molecule has 0 bridgehead atoms. The Balaban J connectivity index is 1.83. The molecule has 0 saturated carbocycles. The lowest BCUT2D eigenvalue weighted by molar-refractivity contribution is 0.203. The van der Waals surface area contributed by atoms with E-state index in [2.05, 4.69) is 5.32 Å². The molecule has 0 spiro atoms. The van der Waals surface area contributed by atoms with Crippen molar-refractivity contribution in [1.82, 2.24) is 5.32 Å². The summed E-state index contributed by atoms with van der Waals surface area (Å²) in [5.41, 5.74) is 0.768. The number of nitrogens with one attached hydrogen (secondary N) is 1. The molecule has 4 aromatic rings. The molecule has 0 radical (unpaired) electrons. The lowest BCUT2D eigenvalue weighted by Gasteiger charge is -2.24. The summed E-state index contributed by atoms with van der Waals surface area (Å²) in [4.78, 5) is 12.3. The van der Waals surface area contributed by atoms with Crippen LogP contribution in [-0.2, 0) is 10.0 Å². The van der Waals surface area contributed by atoms with Crippen LogP contribution in [-0.4, -0.2) is 52.2 Å². The van der Waals surface area contributed by atoms with Crippen LogP contribution >= 0.6 is 0 Å². The van der Waals surface area contributed by atoms with Gasteiger partial charge in [0.2, 0.25) is 10.0 Å². The maximum atomic E-state index is 13.6. The van der Waals surface area contributed by atoms with Gasteiger partial charge >= 0.3 is 6.09 Å². The third-order valence-corrected chi connectivity index (χ3v) is 6.88. The fourth-order valence-electron chi connectivity index (χ4n) is 3.97. The van der Waals surface area contributed by atoms with Crippen LogP contribution in [0.5, 0.6) is 23.0 Å². The monoisotopic (exact) mass is 590 g/mol.